The highest BCUT2D eigenvalue weighted by molar-refractivity contribution is 5.89. The van der Waals surface area contributed by atoms with Crippen molar-refractivity contribution in [3.05, 3.63) is 39.8 Å². The van der Waals surface area contributed by atoms with E-state index in [-0.39, 0.29) is 17.6 Å². The van der Waals surface area contributed by atoms with Crippen LogP contribution in [0.15, 0.2) is 17.6 Å². The first-order valence-electron chi connectivity index (χ1n) is 7.91. The highest BCUT2D eigenvalue weighted by Gasteiger charge is 2.53. The summed E-state index contributed by atoms with van der Waals surface area (Å²) in [5.41, 5.74) is 2.30. The van der Waals surface area contributed by atoms with Crippen molar-refractivity contribution < 1.29 is 9.53 Å². The minimum atomic E-state index is -0.533. The molecule has 0 spiro atoms. The lowest BCUT2D eigenvalue weighted by Crippen LogP contribution is -2.40. The predicted molar refractivity (Wildman–Crippen MR) is 82.6 cm³/mol. The Balaban J connectivity index is 1.83. The van der Waals surface area contributed by atoms with E-state index in [4.69, 9.17) is 4.74 Å². The Morgan fingerprint density at radius 1 is 1.45 bits per heavy atom. The average Bonchev–Trinajstić information content (AvgIpc) is 2.96. The van der Waals surface area contributed by atoms with Gasteiger partial charge in [0.25, 0.3) is 0 Å². The van der Waals surface area contributed by atoms with Gasteiger partial charge in [0, 0.05) is 24.3 Å². The zero-order valence-electron chi connectivity index (χ0n) is 13.0. The molecule has 22 heavy (non-hydrogen) atoms. The molecule has 1 aromatic rings. The van der Waals surface area contributed by atoms with Crippen LogP contribution in [0.5, 0.6) is 0 Å². The maximum Gasteiger partial charge on any atom is 0.343 e. The van der Waals surface area contributed by atoms with Crippen molar-refractivity contribution in [3.63, 3.8) is 0 Å². The minimum Gasteiger partial charge on any atom is -0.462 e. The minimum absolute atomic E-state index is 0.134. The third-order valence-electron chi connectivity index (χ3n) is 5.42. The van der Waals surface area contributed by atoms with Gasteiger partial charge in [-0.2, -0.15) is 0 Å². The van der Waals surface area contributed by atoms with Gasteiger partial charge < -0.3 is 14.2 Å². The molecule has 1 saturated carbocycles. The van der Waals surface area contributed by atoms with Crippen LogP contribution < -0.4 is 5.43 Å². The van der Waals surface area contributed by atoms with E-state index >= 15 is 0 Å². The van der Waals surface area contributed by atoms with Gasteiger partial charge >= 0.3 is 5.97 Å². The molecule has 0 radical (unpaired) electrons. The number of pyridine rings is 1. The first-order valence-corrected chi connectivity index (χ1v) is 7.91. The van der Waals surface area contributed by atoms with Crippen molar-refractivity contribution in [2.45, 2.75) is 45.3 Å². The van der Waals surface area contributed by atoms with Gasteiger partial charge in [-0.3, -0.25) is 4.79 Å². The number of ether oxygens (including phenoxy) is 1. The molecule has 4 heterocycles. The molecule has 0 amide bonds. The third-order valence-corrected chi connectivity index (χ3v) is 5.42. The lowest BCUT2D eigenvalue weighted by atomic mass is 9.83. The Kier molecular flexibility index (Phi) is 2.77. The summed E-state index contributed by atoms with van der Waals surface area (Å²) in [6, 6.07) is 1.05. The van der Waals surface area contributed by atoms with E-state index in [2.05, 4.69) is 11.5 Å². The molecular weight excluding hydrogens is 280 g/mol. The van der Waals surface area contributed by atoms with Crippen LogP contribution in [0, 0.1) is 12.8 Å². The van der Waals surface area contributed by atoms with Gasteiger partial charge in [0.15, 0.2) is 5.43 Å². The number of fused-ring (bicyclic) bond motifs is 1. The van der Waals surface area contributed by atoms with E-state index in [9.17, 15) is 9.59 Å². The number of hydrogen-bond acceptors (Lipinski definition) is 4. The first kappa shape index (κ1) is 13.6. The van der Waals surface area contributed by atoms with Gasteiger partial charge in [-0.1, -0.05) is 6.58 Å². The molecule has 0 aromatic carbocycles. The van der Waals surface area contributed by atoms with Crippen LogP contribution in [-0.2, 0) is 11.3 Å². The van der Waals surface area contributed by atoms with Crippen LogP contribution in [0.3, 0.4) is 0 Å². The van der Waals surface area contributed by atoms with Crippen molar-refractivity contribution in [1.29, 1.82) is 0 Å². The zero-order valence-corrected chi connectivity index (χ0v) is 13.0. The van der Waals surface area contributed by atoms with Gasteiger partial charge in [0.05, 0.1) is 24.0 Å². The number of carbonyl (C=O) groups excluding carboxylic acids is 1. The quantitative estimate of drug-likeness (QED) is 0.781. The topological polar surface area (TPSA) is 51.5 Å². The number of rotatable bonds is 2. The molecule has 3 fully saturated rings. The zero-order chi connectivity index (χ0) is 15.6. The van der Waals surface area contributed by atoms with Crippen molar-refractivity contribution >= 4 is 11.7 Å². The summed E-state index contributed by atoms with van der Waals surface area (Å²) < 4.78 is 7.05. The molecule has 5 heteroatoms. The Morgan fingerprint density at radius 2 is 2.18 bits per heavy atom. The summed E-state index contributed by atoms with van der Waals surface area (Å²) in [7, 11) is 0. The molecule has 5 rings (SSSR count). The average molecular weight is 300 g/mol. The van der Waals surface area contributed by atoms with Gasteiger partial charge in [0.1, 0.15) is 5.56 Å². The standard InChI is InChI=1S/C17H20N2O3/c1-4-22-17(21)13-7-18-8-14-11-5-12(6-11)19(14)10(3)15(18)9(2)16(13)20/h7,11-12,14H,3-6,8H2,1-2H3/t11?,12?,14-/m1/s1. The molecule has 1 atom stereocenters. The van der Waals surface area contributed by atoms with Gasteiger partial charge in [-0.25, -0.2) is 4.79 Å². The number of aromatic nitrogens is 1. The number of carbonyl (C=O) groups is 1. The Bertz CT molecular complexity index is 743. The van der Waals surface area contributed by atoms with Crippen molar-refractivity contribution in [1.82, 2.24) is 9.47 Å². The molecule has 2 bridgehead atoms. The van der Waals surface area contributed by atoms with Crippen LogP contribution >= 0.6 is 0 Å². The molecule has 0 N–H and O–H groups in total. The highest BCUT2D eigenvalue weighted by atomic mass is 16.5. The summed E-state index contributed by atoms with van der Waals surface area (Å²) in [6.45, 7) is 8.85. The normalized spacial score (nSPS) is 28.0. The summed E-state index contributed by atoms with van der Waals surface area (Å²) in [6.07, 6.45) is 4.12. The maximum absolute atomic E-state index is 12.5. The van der Waals surface area contributed by atoms with Crippen LogP contribution in [0.2, 0.25) is 0 Å². The largest absolute Gasteiger partial charge is 0.462 e. The Hall–Kier alpha value is -2.04. The smallest absolute Gasteiger partial charge is 0.343 e. The molecule has 1 aromatic heterocycles. The van der Waals surface area contributed by atoms with E-state index in [1.807, 2.05) is 4.57 Å². The van der Waals surface area contributed by atoms with Gasteiger partial charge in [0.2, 0.25) is 0 Å². The van der Waals surface area contributed by atoms with Crippen molar-refractivity contribution in [3.8, 4) is 0 Å². The lowest BCUT2D eigenvalue weighted by Gasteiger charge is -2.37. The number of esters is 1. The van der Waals surface area contributed by atoms with E-state index in [0.29, 0.717) is 17.6 Å². The molecule has 0 unspecified atom stereocenters. The summed E-state index contributed by atoms with van der Waals surface area (Å²) in [5, 5.41) is 0. The molecular formula is C17H20N2O3. The van der Waals surface area contributed by atoms with Crippen LogP contribution in [-0.4, -0.2) is 34.1 Å². The monoisotopic (exact) mass is 300 g/mol. The van der Waals surface area contributed by atoms with Crippen LogP contribution in [0.25, 0.3) is 5.70 Å². The Labute approximate surface area is 129 Å². The summed E-state index contributed by atoms with van der Waals surface area (Å²) in [5.74, 6) is 0.190. The highest BCUT2D eigenvalue weighted by Crippen LogP contribution is 2.51. The molecule has 1 aliphatic carbocycles. The third kappa shape index (κ3) is 1.59. The van der Waals surface area contributed by atoms with Crippen LogP contribution in [0.1, 0.15) is 41.4 Å². The van der Waals surface area contributed by atoms with Crippen molar-refractivity contribution in [2.75, 3.05) is 6.61 Å². The lowest BCUT2D eigenvalue weighted by molar-refractivity contribution is 0.0523. The van der Waals surface area contributed by atoms with E-state index < -0.39 is 5.97 Å². The van der Waals surface area contributed by atoms with Gasteiger partial charge in [-0.05, 0) is 32.6 Å². The molecule has 3 aliphatic heterocycles. The second kappa shape index (κ2) is 4.48. The molecule has 116 valence electrons. The second-order valence-corrected chi connectivity index (χ2v) is 6.52. The van der Waals surface area contributed by atoms with Crippen LogP contribution in [0.4, 0.5) is 0 Å². The Morgan fingerprint density at radius 3 is 2.86 bits per heavy atom. The fraction of sp³-hybridized carbons (Fsp3) is 0.529. The summed E-state index contributed by atoms with van der Waals surface area (Å²) in [4.78, 5) is 26.9. The molecule has 4 aliphatic rings. The SMILES string of the molecule is C=C1c2c(C)c(=O)c(C(=O)OCC)cn2C[C@@H]2C3CC(C3)N12. The van der Waals surface area contributed by atoms with E-state index in [1.54, 1.807) is 20.0 Å². The van der Waals surface area contributed by atoms with Gasteiger partial charge in [-0.15, -0.1) is 0 Å². The van der Waals surface area contributed by atoms with Crippen molar-refractivity contribution in [2.24, 2.45) is 5.92 Å². The summed E-state index contributed by atoms with van der Waals surface area (Å²) >= 11 is 0. The number of hydrogen-bond donors (Lipinski definition) is 0. The first-order chi connectivity index (χ1) is 10.5. The maximum atomic E-state index is 12.5. The molecule has 2 saturated heterocycles. The number of nitrogens with zero attached hydrogens (tertiary/aromatic N) is 2. The second-order valence-electron chi connectivity index (χ2n) is 6.52. The predicted octanol–water partition coefficient (Wildman–Crippen LogP) is 1.78. The van der Waals surface area contributed by atoms with E-state index in [1.165, 1.54) is 12.8 Å². The molecule has 5 nitrogen and oxygen atoms in total. The van der Waals surface area contributed by atoms with E-state index in [0.717, 1.165) is 23.9 Å². The fourth-order valence-electron chi connectivity index (χ4n) is 4.33. The fourth-order valence-corrected chi connectivity index (χ4v) is 4.33.